The Balaban J connectivity index is 1.64. The van der Waals surface area contributed by atoms with Crippen LogP contribution >= 0.6 is 0 Å². The van der Waals surface area contributed by atoms with Crippen LogP contribution in [0.3, 0.4) is 0 Å². The SMILES string of the molecule is CCCOc1cccc(CN2CCC[C@H](c3cc(=O)[nH]cn3)C2)c1. The lowest BCUT2D eigenvalue weighted by Gasteiger charge is -2.32. The molecule has 1 aliphatic heterocycles. The highest BCUT2D eigenvalue weighted by molar-refractivity contribution is 5.28. The Hall–Kier alpha value is -2.14. The molecule has 1 atom stereocenters. The molecule has 0 spiro atoms. The van der Waals surface area contributed by atoms with Crippen molar-refractivity contribution < 1.29 is 4.74 Å². The Morgan fingerprint density at radius 1 is 1.38 bits per heavy atom. The molecule has 1 aromatic carbocycles. The van der Waals surface area contributed by atoms with E-state index in [-0.39, 0.29) is 5.56 Å². The number of piperidine rings is 1. The minimum atomic E-state index is -0.0714. The number of hydrogen-bond donors (Lipinski definition) is 1. The van der Waals surface area contributed by atoms with Crippen molar-refractivity contribution in [3.63, 3.8) is 0 Å². The Morgan fingerprint density at radius 3 is 3.12 bits per heavy atom. The zero-order valence-electron chi connectivity index (χ0n) is 14.2. The average molecular weight is 327 g/mol. The summed E-state index contributed by atoms with van der Waals surface area (Å²) < 4.78 is 5.72. The van der Waals surface area contributed by atoms with E-state index in [1.807, 2.05) is 6.07 Å². The predicted molar refractivity (Wildman–Crippen MR) is 94.3 cm³/mol. The van der Waals surface area contributed by atoms with Crippen molar-refractivity contribution in [2.75, 3.05) is 19.7 Å². The largest absolute Gasteiger partial charge is 0.494 e. The molecule has 1 saturated heterocycles. The maximum Gasteiger partial charge on any atom is 0.250 e. The van der Waals surface area contributed by atoms with Gasteiger partial charge in [-0.2, -0.15) is 0 Å². The summed E-state index contributed by atoms with van der Waals surface area (Å²) >= 11 is 0. The molecule has 3 rings (SSSR count). The van der Waals surface area contributed by atoms with Gasteiger partial charge in [0.05, 0.1) is 18.6 Å². The van der Waals surface area contributed by atoms with Crippen molar-refractivity contribution >= 4 is 0 Å². The van der Waals surface area contributed by atoms with E-state index in [1.165, 1.54) is 11.9 Å². The summed E-state index contributed by atoms with van der Waals surface area (Å²) in [7, 11) is 0. The number of nitrogens with zero attached hydrogens (tertiary/aromatic N) is 2. The van der Waals surface area contributed by atoms with Crippen molar-refractivity contribution in [3.05, 3.63) is 58.3 Å². The zero-order valence-corrected chi connectivity index (χ0v) is 14.2. The fraction of sp³-hybridized carbons (Fsp3) is 0.474. The van der Waals surface area contributed by atoms with E-state index in [9.17, 15) is 4.79 Å². The summed E-state index contributed by atoms with van der Waals surface area (Å²) in [5.41, 5.74) is 2.10. The molecule has 0 aliphatic carbocycles. The van der Waals surface area contributed by atoms with Gasteiger partial charge in [-0.1, -0.05) is 19.1 Å². The van der Waals surface area contributed by atoms with Crippen LogP contribution in [0.15, 0.2) is 41.5 Å². The Kier molecular flexibility index (Phi) is 5.64. The second-order valence-electron chi connectivity index (χ2n) is 6.41. The number of benzene rings is 1. The maximum absolute atomic E-state index is 11.5. The molecule has 0 bridgehead atoms. The summed E-state index contributed by atoms with van der Waals surface area (Å²) in [6.45, 7) is 5.79. The second kappa shape index (κ2) is 8.11. The first-order chi connectivity index (χ1) is 11.7. The van der Waals surface area contributed by atoms with Crippen molar-refractivity contribution in [2.24, 2.45) is 0 Å². The number of rotatable bonds is 6. The van der Waals surface area contributed by atoms with Crippen LogP contribution in [0.5, 0.6) is 5.75 Å². The summed E-state index contributed by atoms with van der Waals surface area (Å²) in [6.07, 6.45) is 4.74. The summed E-state index contributed by atoms with van der Waals surface area (Å²) in [5, 5.41) is 0. The predicted octanol–water partition coefficient (Wildman–Crippen LogP) is 2.94. The van der Waals surface area contributed by atoms with Crippen LogP contribution in [0.4, 0.5) is 0 Å². The van der Waals surface area contributed by atoms with E-state index < -0.39 is 0 Å². The van der Waals surface area contributed by atoms with E-state index in [2.05, 4.69) is 40.0 Å². The first-order valence-electron chi connectivity index (χ1n) is 8.73. The first kappa shape index (κ1) is 16.7. The van der Waals surface area contributed by atoms with Gasteiger partial charge in [0.1, 0.15) is 5.75 Å². The normalized spacial score (nSPS) is 18.5. The smallest absolute Gasteiger partial charge is 0.250 e. The summed E-state index contributed by atoms with van der Waals surface area (Å²) in [4.78, 5) is 20.9. The molecule has 24 heavy (non-hydrogen) atoms. The van der Waals surface area contributed by atoms with E-state index in [4.69, 9.17) is 4.74 Å². The molecule has 1 aliphatic rings. The Morgan fingerprint density at radius 2 is 2.29 bits per heavy atom. The number of nitrogens with one attached hydrogen (secondary N) is 1. The molecular weight excluding hydrogens is 302 g/mol. The molecule has 0 saturated carbocycles. The molecule has 128 valence electrons. The maximum atomic E-state index is 11.5. The van der Waals surface area contributed by atoms with Crippen LogP contribution in [0.25, 0.3) is 0 Å². The monoisotopic (exact) mass is 327 g/mol. The highest BCUT2D eigenvalue weighted by Gasteiger charge is 2.22. The van der Waals surface area contributed by atoms with Crippen molar-refractivity contribution in [2.45, 2.75) is 38.6 Å². The quantitative estimate of drug-likeness (QED) is 0.886. The number of aromatic nitrogens is 2. The van der Waals surface area contributed by atoms with Gasteiger partial charge in [-0.3, -0.25) is 9.69 Å². The van der Waals surface area contributed by atoms with Crippen LogP contribution in [-0.4, -0.2) is 34.6 Å². The summed E-state index contributed by atoms with van der Waals surface area (Å²) in [6, 6.07) is 9.98. The van der Waals surface area contributed by atoms with Gasteiger partial charge in [-0.25, -0.2) is 4.98 Å². The lowest BCUT2D eigenvalue weighted by atomic mass is 9.94. The number of hydrogen-bond acceptors (Lipinski definition) is 4. The number of H-pyrrole nitrogens is 1. The van der Waals surface area contributed by atoms with Gasteiger partial charge in [-0.05, 0) is 43.5 Å². The molecule has 1 N–H and O–H groups in total. The number of ether oxygens (including phenoxy) is 1. The molecule has 2 heterocycles. The molecular formula is C19H25N3O2. The highest BCUT2D eigenvalue weighted by Crippen LogP contribution is 2.26. The van der Waals surface area contributed by atoms with Gasteiger partial charge in [0.25, 0.3) is 5.56 Å². The van der Waals surface area contributed by atoms with E-state index in [0.717, 1.165) is 56.9 Å². The van der Waals surface area contributed by atoms with Crippen LogP contribution in [-0.2, 0) is 6.54 Å². The van der Waals surface area contributed by atoms with Gasteiger partial charge < -0.3 is 9.72 Å². The van der Waals surface area contributed by atoms with Gasteiger partial charge in [0.2, 0.25) is 0 Å². The Bertz CT molecular complexity index is 714. The molecule has 5 nitrogen and oxygen atoms in total. The molecule has 0 unspecified atom stereocenters. The average Bonchev–Trinajstić information content (AvgIpc) is 2.60. The third-order valence-electron chi connectivity index (χ3n) is 4.40. The number of likely N-dealkylation sites (tertiary alicyclic amines) is 1. The third kappa shape index (κ3) is 4.45. The molecule has 2 aromatic rings. The molecule has 1 aromatic heterocycles. The fourth-order valence-corrected chi connectivity index (χ4v) is 3.26. The van der Waals surface area contributed by atoms with E-state index >= 15 is 0 Å². The highest BCUT2D eigenvalue weighted by atomic mass is 16.5. The van der Waals surface area contributed by atoms with Crippen molar-refractivity contribution in [3.8, 4) is 5.75 Å². The molecule has 5 heteroatoms. The van der Waals surface area contributed by atoms with Gasteiger partial charge in [-0.15, -0.1) is 0 Å². The second-order valence-corrected chi connectivity index (χ2v) is 6.41. The van der Waals surface area contributed by atoms with Crippen LogP contribution in [0, 0.1) is 0 Å². The lowest BCUT2D eigenvalue weighted by molar-refractivity contribution is 0.198. The molecule has 1 fully saturated rings. The fourth-order valence-electron chi connectivity index (χ4n) is 3.26. The lowest BCUT2D eigenvalue weighted by Crippen LogP contribution is -2.34. The molecule has 0 amide bonds. The topological polar surface area (TPSA) is 58.2 Å². The van der Waals surface area contributed by atoms with Crippen LogP contribution in [0.1, 0.15) is 43.4 Å². The standard InChI is InChI=1S/C19H25N3O2/c1-2-9-24-17-7-3-5-15(10-17)12-22-8-4-6-16(13-22)18-11-19(23)21-14-20-18/h3,5,7,10-11,14,16H,2,4,6,8-9,12-13H2,1H3,(H,20,21,23)/t16-/m0/s1. The minimum absolute atomic E-state index is 0.0714. The zero-order chi connectivity index (χ0) is 16.8. The molecule has 0 radical (unpaired) electrons. The van der Waals surface area contributed by atoms with Crippen molar-refractivity contribution in [1.82, 2.24) is 14.9 Å². The Labute approximate surface area is 142 Å². The first-order valence-corrected chi connectivity index (χ1v) is 8.73. The van der Waals surface area contributed by atoms with Gasteiger partial charge in [0, 0.05) is 25.1 Å². The van der Waals surface area contributed by atoms with Crippen LogP contribution in [0.2, 0.25) is 0 Å². The van der Waals surface area contributed by atoms with Crippen LogP contribution < -0.4 is 10.3 Å². The minimum Gasteiger partial charge on any atom is -0.494 e. The van der Waals surface area contributed by atoms with E-state index in [1.54, 1.807) is 6.07 Å². The number of aromatic amines is 1. The summed E-state index contributed by atoms with van der Waals surface area (Å²) in [5.74, 6) is 1.28. The van der Waals surface area contributed by atoms with Gasteiger partial charge in [0.15, 0.2) is 0 Å². The third-order valence-corrected chi connectivity index (χ3v) is 4.40. The van der Waals surface area contributed by atoms with E-state index in [0.29, 0.717) is 5.92 Å². The van der Waals surface area contributed by atoms with Gasteiger partial charge >= 0.3 is 0 Å². The van der Waals surface area contributed by atoms with Crippen molar-refractivity contribution in [1.29, 1.82) is 0 Å².